The Labute approximate surface area is 147 Å². The highest BCUT2D eigenvalue weighted by molar-refractivity contribution is 5.44. The first-order valence-corrected chi connectivity index (χ1v) is 8.83. The number of hydrogen-bond acceptors (Lipinski definition) is 6. The van der Waals surface area contributed by atoms with Crippen LogP contribution in [-0.2, 0) is 6.42 Å². The maximum Gasteiger partial charge on any atom is 0.172 e. The summed E-state index contributed by atoms with van der Waals surface area (Å²) in [5, 5.41) is 28.3. The van der Waals surface area contributed by atoms with Gasteiger partial charge in [0.15, 0.2) is 12.0 Å². The first-order valence-electron chi connectivity index (χ1n) is 8.83. The van der Waals surface area contributed by atoms with Crippen LogP contribution in [-0.4, -0.2) is 42.6 Å². The first kappa shape index (κ1) is 16.6. The third-order valence-corrected chi connectivity index (χ3v) is 5.41. The Morgan fingerprint density at radius 3 is 2.80 bits per heavy atom. The van der Waals surface area contributed by atoms with Crippen molar-refractivity contribution in [1.82, 2.24) is 25.1 Å². The Morgan fingerprint density at radius 2 is 2.16 bits per heavy atom. The molecule has 7 heteroatoms. The van der Waals surface area contributed by atoms with E-state index in [-0.39, 0.29) is 18.1 Å². The first-order chi connectivity index (χ1) is 11.9. The second kappa shape index (κ2) is 5.86. The maximum absolute atomic E-state index is 10.8. The van der Waals surface area contributed by atoms with E-state index in [0.29, 0.717) is 23.3 Å². The van der Waals surface area contributed by atoms with E-state index in [1.807, 2.05) is 25.5 Å². The second-order valence-electron chi connectivity index (χ2n) is 8.20. The third kappa shape index (κ3) is 2.86. The van der Waals surface area contributed by atoms with Gasteiger partial charge in [0.25, 0.3) is 0 Å². The highest BCUT2D eigenvalue weighted by Crippen LogP contribution is 2.57. The Hall–Kier alpha value is -1.83. The highest BCUT2D eigenvalue weighted by Gasteiger charge is 2.50. The molecule has 2 heterocycles. The van der Waals surface area contributed by atoms with Gasteiger partial charge < -0.3 is 10.2 Å². The molecule has 1 fully saturated rings. The standard InChI is InChI=1S/C18H25N5O2/c1-18(2,3)13(9-24)21-17(25)15-12-7-10-6-11(10)16(12)23(22-15)14-8-19-4-5-20-14/h4-5,8,10-11,13,17,21,24-25H,6-7,9H2,1-3H3/t10-,11-,13-,17?/m1/s1. The predicted octanol–water partition coefficient (Wildman–Crippen LogP) is 1.31. The van der Waals surface area contributed by atoms with Gasteiger partial charge in [0.2, 0.25) is 0 Å². The highest BCUT2D eigenvalue weighted by atomic mass is 16.3. The van der Waals surface area contributed by atoms with Crippen molar-refractivity contribution in [1.29, 1.82) is 0 Å². The predicted molar refractivity (Wildman–Crippen MR) is 92.1 cm³/mol. The summed E-state index contributed by atoms with van der Waals surface area (Å²) in [5.74, 6) is 1.86. The van der Waals surface area contributed by atoms with Gasteiger partial charge >= 0.3 is 0 Å². The van der Waals surface area contributed by atoms with Crippen molar-refractivity contribution in [2.45, 2.75) is 51.8 Å². The molecule has 0 spiro atoms. The molecule has 7 nitrogen and oxygen atoms in total. The summed E-state index contributed by atoms with van der Waals surface area (Å²) < 4.78 is 1.84. The van der Waals surface area contributed by atoms with Crippen LogP contribution in [0.25, 0.3) is 5.82 Å². The molecule has 4 atom stereocenters. The Bertz CT molecular complexity index is 768. The van der Waals surface area contributed by atoms with Crippen LogP contribution in [0.4, 0.5) is 0 Å². The minimum Gasteiger partial charge on any atom is -0.395 e. The van der Waals surface area contributed by atoms with Gasteiger partial charge in [0, 0.05) is 29.9 Å². The van der Waals surface area contributed by atoms with Crippen molar-refractivity contribution >= 4 is 0 Å². The fourth-order valence-electron chi connectivity index (χ4n) is 3.78. The van der Waals surface area contributed by atoms with Gasteiger partial charge in [-0.3, -0.25) is 10.3 Å². The van der Waals surface area contributed by atoms with Gasteiger partial charge in [0.1, 0.15) is 5.69 Å². The molecule has 0 aromatic carbocycles. The quantitative estimate of drug-likeness (QED) is 0.709. The molecule has 1 saturated carbocycles. The molecule has 0 amide bonds. The lowest BCUT2D eigenvalue weighted by Gasteiger charge is -2.31. The van der Waals surface area contributed by atoms with Gasteiger partial charge in [-0.2, -0.15) is 5.10 Å². The number of nitrogens with one attached hydrogen (secondary N) is 1. The molecule has 2 aromatic heterocycles. The SMILES string of the molecule is CC(C)(C)[C@@H](CO)NC(O)c1nn(-c2cnccn2)c2c1C[C@H]1C[C@@H]21. The van der Waals surface area contributed by atoms with Crippen LogP contribution in [0.5, 0.6) is 0 Å². The number of aromatic nitrogens is 4. The minimum absolute atomic E-state index is 0.0428. The lowest BCUT2D eigenvalue weighted by Crippen LogP contribution is -2.45. The number of rotatable bonds is 5. The van der Waals surface area contributed by atoms with Crippen molar-refractivity contribution in [3.05, 3.63) is 35.5 Å². The van der Waals surface area contributed by atoms with Crippen LogP contribution in [0.2, 0.25) is 0 Å². The van der Waals surface area contributed by atoms with E-state index < -0.39 is 6.23 Å². The van der Waals surface area contributed by atoms with E-state index >= 15 is 0 Å². The zero-order chi connectivity index (χ0) is 17.8. The molecule has 25 heavy (non-hydrogen) atoms. The molecule has 0 bridgehead atoms. The second-order valence-corrected chi connectivity index (χ2v) is 8.20. The topological polar surface area (TPSA) is 96.1 Å². The number of aliphatic hydroxyl groups excluding tert-OH is 2. The number of nitrogens with zero attached hydrogens (tertiary/aromatic N) is 4. The molecule has 0 radical (unpaired) electrons. The fourth-order valence-corrected chi connectivity index (χ4v) is 3.78. The number of hydrogen-bond donors (Lipinski definition) is 3. The van der Waals surface area contributed by atoms with Gasteiger partial charge in [-0.1, -0.05) is 20.8 Å². The van der Waals surface area contributed by atoms with Gasteiger partial charge in [0.05, 0.1) is 18.5 Å². The summed E-state index contributed by atoms with van der Waals surface area (Å²) >= 11 is 0. The Morgan fingerprint density at radius 1 is 1.36 bits per heavy atom. The molecule has 0 saturated heterocycles. The van der Waals surface area contributed by atoms with E-state index in [1.54, 1.807) is 18.6 Å². The summed E-state index contributed by atoms with van der Waals surface area (Å²) in [5.41, 5.74) is 2.76. The van der Waals surface area contributed by atoms with Crippen LogP contribution >= 0.6 is 0 Å². The Balaban J connectivity index is 1.68. The average Bonchev–Trinajstić information content (AvgIpc) is 3.08. The number of fused-ring (bicyclic) bond motifs is 3. The molecule has 2 aliphatic carbocycles. The zero-order valence-electron chi connectivity index (χ0n) is 14.8. The zero-order valence-corrected chi connectivity index (χ0v) is 14.8. The normalized spacial score (nSPS) is 23.9. The smallest absolute Gasteiger partial charge is 0.172 e. The molecular formula is C18H25N5O2. The Kier molecular flexibility index (Phi) is 3.90. The van der Waals surface area contributed by atoms with Crippen LogP contribution in [0.3, 0.4) is 0 Å². The molecule has 1 unspecified atom stereocenters. The van der Waals surface area contributed by atoms with E-state index in [9.17, 15) is 10.2 Å². The molecule has 3 N–H and O–H groups in total. The van der Waals surface area contributed by atoms with E-state index in [2.05, 4.69) is 20.4 Å². The van der Waals surface area contributed by atoms with Crippen LogP contribution < -0.4 is 5.32 Å². The monoisotopic (exact) mass is 343 g/mol. The summed E-state index contributed by atoms with van der Waals surface area (Å²) in [6.07, 6.45) is 6.20. The summed E-state index contributed by atoms with van der Waals surface area (Å²) in [6.45, 7) is 6.06. The van der Waals surface area contributed by atoms with E-state index in [4.69, 9.17) is 0 Å². The number of aliphatic hydroxyl groups is 2. The maximum atomic E-state index is 10.8. The van der Waals surface area contributed by atoms with Crippen molar-refractivity contribution < 1.29 is 10.2 Å². The van der Waals surface area contributed by atoms with Gasteiger partial charge in [-0.25, -0.2) is 9.67 Å². The molecule has 2 aliphatic rings. The fraction of sp³-hybridized carbons (Fsp3) is 0.611. The lowest BCUT2D eigenvalue weighted by atomic mass is 9.87. The third-order valence-electron chi connectivity index (χ3n) is 5.41. The van der Waals surface area contributed by atoms with Crippen LogP contribution in [0.1, 0.15) is 56.3 Å². The van der Waals surface area contributed by atoms with Crippen molar-refractivity contribution in [2.75, 3.05) is 6.61 Å². The molecule has 4 rings (SSSR count). The molecule has 134 valence electrons. The van der Waals surface area contributed by atoms with E-state index in [0.717, 1.165) is 17.7 Å². The van der Waals surface area contributed by atoms with E-state index in [1.165, 1.54) is 6.42 Å². The van der Waals surface area contributed by atoms with Gasteiger partial charge in [-0.05, 0) is 24.2 Å². The lowest BCUT2D eigenvalue weighted by molar-refractivity contribution is 0.0635. The average molecular weight is 343 g/mol. The largest absolute Gasteiger partial charge is 0.395 e. The minimum atomic E-state index is -0.916. The molecule has 0 aliphatic heterocycles. The van der Waals surface area contributed by atoms with Crippen molar-refractivity contribution in [3.8, 4) is 5.82 Å². The molecular weight excluding hydrogens is 318 g/mol. The summed E-state index contributed by atoms with van der Waals surface area (Å²) in [7, 11) is 0. The van der Waals surface area contributed by atoms with Crippen molar-refractivity contribution in [3.63, 3.8) is 0 Å². The summed E-state index contributed by atoms with van der Waals surface area (Å²) in [4.78, 5) is 8.50. The van der Waals surface area contributed by atoms with Crippen molar-refractivity contribution in [2.24, 2.45) is 11.3 Å². The van der Waals surface area contributed by atoms with Gasteiger partial charge in [-0.15, -0.1) is 0 Å². The molecule has 2 aromatic rings. The summed E-state index contributed by atoms with van der Waals surface area (Å²) in [6, 6.07) is -0.226. The van der Waals surface area contributed by atoms with Crippen LogP contribution in [0.15, 0.2) is 18.6 Å². The van der Waals surface area contributed by atoms with Crippen LogP contribution in [0, 0.1) is 11.3 Å².